The van der Waals surface area contributed by atoms with Crippen LogP contribution in [0.2, 0.25) is 0 Å². The summed E-state index contributed by atoms with van der Waals surface area (Å²) in [5.74, 6) is 0.201. The van der Waals surface area contributed by atoms with Gasteiger partial charge in [-0.15, -0.1) is 0 Å². The van der Waals surface area contributed by atoms with Crippen LogP contribution in [-0.4, -0.2) is 22.5 Å². The Morgan fingerprint density at radius 2 is 1.95 bits per heavy atom. The second-order valence-electron chi connectivity index (χ2n) is 4.04. The molecule has 1 aromatic carbocycles. The van der Waals surface area contributed by atoms with Gasteiger partial charge in [0, 0.05) is 11.3 Å². The van der Waals surface area contributed by atoms with Gasteiger partial charge in [0.1, 0.15) is 5.75 Å². The monoisotopic (exact) mass is 257 g/mol. The maximum atomic E-state index is 11.2. The fraction of sp³-hybridized carbons (Fsp3) is 0.214. The third kappa shape index (κ3) is 3.07. The Hall–Kier alpha value is -2.43. The van der Waals surface area contributed by atoms with Gasteiger partial charge in [0.2, 0.25) is 5.82 Å². The molecule has 0 unspecified atom stereocenters. The molecule has 0 saturated carbocycles. The third-order valence-electron chi connectivity index (χ3n) is 2.54. The molecule has 98 valence electrons. The zero-order valence-electron chi connectivity index (χ0n) is 10.9. The molecule has 1 amide bonds. The lowest BCUT2D eigenvalue weighted by molar-refractivity contribution is 0.0990. The molecule has 19 heavy (non-hydrogen) atoms. The summed E-state index contributed by atoms with van der Waals surface area (Å²) in [6.45, 7) is 4.35. The topological polar surface area (TPSA) is 78.1 Å². The van der Waals surface area contributed by atoms with Crippen LogP contribution in [0.15, 0.2) is 30.3 Å². The number of carbonyl (C=O) groups is 1. The van der Waals surface area contributed by atoms with Gasteiger partial charge in [0.15, 0.2) is 0 Å². The SMILES string of the molecule is CCOc1ccc(-c2cc(C)nc(C(N)=O)n2)cc1. The summed E-state index contributed by atoms with van der Waals surface area (Å²) in [7, 11) is 0. The van der Waals surface area contributed by atoms with Crippen molar-refractivity contribution in [3.63, 3.8) is 0 Å². The van der Waals surface area contributed by atoms with Crippen molar-refractivity contribution in [3.05, 3.63) is 41.9 Å². The van der Waals surface area contributed by atoms with E-state index < -0.39 is 5.91 Å². The van der Waals surface area contributed by atoms with Crippen LogP contribution in [0.1, 0.15) is 23.2 Å². The van der Waals surface area contributed by atoms with E-state index in [-0.39, 0.29) is 5.82 Å². The maximum Gasteiger partial charge on any atom is 0.286 e. The van der Waals surface area contributed by atoms with Crippen LogP contribution in [0, 0.1) is 6.92 Å². The number of hydrogen-bond acceptors (Lipinski definition) is 4. The smallest absolute Gasteiger partial charge is 0.286 e. The number of ether oxygens (including phenoxy) is 1. The van der Waals surface area contributed by atoms with Crippen LogP contribution in [0.3, 0.4) is 0 Å². The van der Waals surface area contributed by atoms with Gasteiger partial charge >= 0.3 is 0 Å². The molecule has 0 spiro atoms. The first kappa shape index (κ1) is 13.0. The van der Waals surface area contributed by atoms with Crippen molar-refractivity contribution < 1.29 is 9.53 Å². The van der Waals surface area contributed by atoms with Crippen molar-refractivity contribution in [2.75, 3.05) is 6.61 Å². The molecule has 2 rings (SSSR count). The molecule has 2 aromatic rings. The zero-order chi connectivity index (χ0) is 13.8. The van der Waals surface area contributed by atoms with Crippen LogP contribution in [0.25, 0.3) is 11.3 Å². The van der Waals surface area contributed by atoms with Gasteiger partial charge in [-0.3, -0.25) is 4.79 Å². The van der Waals surface area contributed by atoms with Gasteiger partial charge in [-0.05, 0) is 44.2 Å². The van der Waals surface area contributed by atoms with E-state index in [1.807, 2.05) is 37.3 Å². The average Bonchev–Trinajstić information content (AvgIpc) is 2.39. The van der Waals surface area contributed by atoms with Crippen molar-refractivity contribution in [2.24, 2.45) is 5.73 Å². The summed E-state index contributed by atoms with van der Waals surface area (Å²) in [4.78, 5) is 19.3. The molecule has 0 atom stereocenters. The van der Waals surface area contributed by atoms with Gasteiger partial charge in [0.05, 0.1) is 12.3 Å². The fourth-order valence-electron chi connectivity index (χ4n) is 1.72. The lowest BCUT2D eigenvalue weighted by Crippen LogP contribution is -2.16. The number of nitrogens with zero attached hydrogens (tertiary/aromatic N) is 2. The van der Waals surface area contributed by atoms with E-state index in [0.29, 0.717) is 18.0 Å². The molecule has 0 aliphatic rings. The highest BCUT2D eigenvalue weighted by Crippen LogP contribution is 2.21. The van der Waals surface area contributed by atoms with E-state index in [4.69, 9.17) is 10.5 Å². The number of hydrogen-bond donors (Lipinski definition) is 1. The molecule has 0 saturated heterocycles. The minimum Gasteiger partial charge on any atom is -0.494 e. The number of aromatic nitrogens is 2. The maximum absolute atomic E-state index is 11.2. The Morgan fingerprint density at radius 1 is 1.26 bits per heavy atom. The second-order valence-corrected chi connectivity index (χ2v) is 4.04. The summed E-state index contributed by atoms with van der Waals surface area (Å²) in [5.41, 5.74) is 7.47. The van der Waals surface area contributed by atoms with Gasteiger partial charge in [-0.25, -0.2) is 9.97 Å². The van der Waals surface area contributed by atoms with E-state index in [9.17, 15) is 4.79 Å². The summed E-state index contributed by atoms with van der Waals surface area (Å²) in [6.07, 6.45) is 0. The van der Waals surface area contributed by atoms with Crippen molar-refractivity contribution in [2.45, 2.75) is 13.8 Å². The Balaban J connectivity index is 2.38. The minimum atomic E-state index is -0.629. The van der Waals surface area contributed by atoms with Crippen molar-refractivity contribution in [1.82, 2.24) is 9.97 Å². The Morgan fingerprint density at radius 3 is 2.53 bits per heavy atom. The van der Waals surface area contributed by atoms with Crippen LogP contribution < -0.4 is 10.5 Å². The summed E-state index contributed by atoms with van der Waals surface area (Å²) in [6, 6.07) is 9.30. The molecule has 0 bridgehead atoms. The van der Waals surface area contributed by atoms with E-state index in [1.54, 1.807) is 6.92 Å². The van der Waals surface area contributed by atoms with Crippen molar-refractivity contribution in [1.29, 1.82) is 0 Å². The number of rotatable bonds is 4. The van der Waals surface area contributed by atoms with E-state index >= 15 is 0 Å². The van der Waals surface area contributed by atoms with Gasteiger partial charge < -0.3 is 10.5 Å². The molecule has 5 nitrogen and oxygen atoms in total. The van der Waals surface area contributed by atoms with Crippen LogP contribution in [-0.2, 0) is 0 Å². The van der Waals surface area contributed by atoms with Gasteiger partial charge in [0.25, 0.3) is 5.91 Å². The van der Waals surface area contributed by atoms with Crippen LogP contribution >= 0.6 is 0 Å². The molecule has 0 fully saturated rings. The molecule has 2 N–H and O–H groups in total. The van der Waals surface area contributed by atoms with E-state index in [0.717, 1.165) is 11.3 Å². The van der Waals surface area contributed by atoms with Gasteiger partial charge in [-0.1, -0.05) is 0 Å². The highest BCUT2D eigenvalue weighted by Gasteiger charge is 2.09. The molecule has 0 aliphatic heterocycles. The van der Waals surface area contributed by atoms with Crippen molar-refractivity contribution >= 4 is 5.91 Å². The molecule has 1 aromatic heterocycles. The number of benzene rings is 1. The third-order valence-corrected chi connectivity index (χ3v) is 2.54. The van der Waals surface area contributed by atoms with Crippen molar-refractivity contribution in [3.8, 4) is 17.0 Å². The van der Waals surface area contributed by atoms with E-state index in [2.05, 4.69) is 9.97 Å². The second kappa shape index (κ2) is 5.48. The fourth-order valence-corrected chi connectivity index (χ4v) is 1.72. The Labute approximate surface area is 111 Å². The minimum absolute atomic E-state index is 0.0314. The molecule has 5 heteroatoms. The lowest BCUT2D eigenvalue weighted by Gasteiger charge is -2.06. The average molecular weight is 257 g/mol. The standard InChI is InChI=1S/C14H15N3O2/c1-3-19-11-6-4-10(5-7-11)12-8-9(2)16-14(17-12)13(15)18/h4-8H,3H2,1-2H3,(H2,15,18). The number of primary amides is 1. The first-order chi connectivity index (χ1) is 9.10. The highest BCUT2D eigenvalue weighted by atomic mass is 16.5. The van der Waals surface area contributed by atoms with Crippen LogP contribution in [0.5, 0.6) is 5.75 Å². The number of nitrogens with two attached hydrogens (primary N) is 1. The largest absolute Gasteiger partial charge is 0.494 e. The number of carbonyl (C=O) groups excluding carboxylic acids is 1. The number of amides is 1. The summed E-state index contributed by atoms with van der Waals surface area (Å²) in [5, 5.41) is 0. The highest BCUT2D eigenvalue weighted by molar-refractivity contribution is 5.89. The molecular weight excluding hydrogens is 242 g/mol. The molecular formula is C14H15N3O2. The molecule has 1 heterocycles. The normalized spacial score (nSPS) is 10.2. The summed E-state index contributed by atoms with van der Waals surface area (Å²) >= 11 is 0. The predicted octanol–water partition coefficient (Wildman–Crippen LogP) is 1.95. The quantitative estimate of drug-likeness (QED) is 0.908. The van der Waals surface area contributed by atoms with Crippen LogP contribution in [0.4, 0.5) is 0 Å². The number of aryl methyl sites for hydroxylation is 1. The first-order valence-electron chi connectivity index (χ1n) is 5.99. The van der Waals surface area contributed by atoms with E-state index in [1.165, 1.54) is 0 Å². The lowest BCUT2D eigenvalue weighted by atomic mass is 10.1. The Bertz CT molecular complexity index is 594. The molecule has 0 radical (unpaired) electrons. The zero-order valence-corrected chi connectivity index (χ0v) is 10.9. The Kier molecular flexibility index (Phi) is 3.75. The summed E-state index contributed by atoms with van der Waals surface area (Å²) < 4.78 is 5.38. The first-order valence-corrected chi connectivity index (χ1v) is 5.99. The molecule has 0 aliphatic carbocycles. The van der Waals surface area contributed by atoms with Gasteiger partial charge in [-0.2, -0.15) is 0 Å². The predicted molar refractivity (Wildman–Crippen MR) is 71.9 cm³/mol.